The Morgan fingerprint density at radius 1 is 1.05 bits per heavy atom. The standard InChI is InChI=1S/C16H26ClNO/c1-13-11-15(16(17)12-14(13)2)7-5-4-6-8-18-9-10-19-3/h11-12,18H,4-10H2,1-3H3. The molecular weight excluding hydrogens is 258 g/mol. The van der Waals surface area contributed by atoms with Crippen molar-refractivity contribution in [2.24, 2.45) is 0 Å². The molecule has 108 valence electrons. The summed E-state index contributed by atoms with van der Waals surface area (Å²) in [7, 11) is 1.73. The monoisotopic (exact) mass is 283 g/mol. The topological polar surface area (TPSA) is 21.3 Å². The van der Waals surface area contributed by atoms with E-state index in [0.717, 1.165) is 31.1 Å². The lowest BCUT2D eigenvalue weighted by atomic mass is 10.0. The van der Waals surface area contributed by atoms with E-state index < -0.39 is 0 Å². The van der Waals surface area contributed by atoms with Crippen LogP contribution in [0.15, 0.2) is 12.1 Å². The first kappa shape index (κ1) is 16.5. The van der Waals surface area contributed by atoms with Gasteiger partial charge in [0.2, 0.25) is 0 Å². The lowest BCUT2D eigenvalue weighted by molar-refractivity contribution is 0.199. The van der Waals surface area contributed by atoms with E-state index in [1.807, 2.05) is 0 Å². The van der Waals surface area contributed by atoms with Gasteiger partial charge in [-0.25, -0.2) is 0 Å². The van der Waals surface area contributed by atoms with Gasteiger partial charge in [0.15, 0.2) is 0 Å². The van der Waals surface area contributed by atoms with Gasteiger partial charge in [0, 0.05) is 18.7 Å². The second-order valence-electron chi connectivity index (χ2n) is 5.08. The summed E-state index contributed by atoms with van der Waals surface area (Å²) in [5.74, 6) is 0. The first-order chi connectivity index (χ1) is 9.15. The molecule has 1 aromatic carbocycles. The molecule has 0 amide bonds. The highest BCUT2D eigenvalue weighted by atomic mass is 35.5. The van der Waals surface area contributed by atoms with Crippen molar-refractivity contribution in [3.05, 3.63) is 33.8 Å². The molecule has 0 aliphatic rings. The maximum absolute atomic E-state index is 6.27. The third-order valence-corrected chi connectivity index (χ3v) is 3.80. The number of unbranched alkanes of at least 4 members (excludes halogenated alkanes) is 2. The molecule has 1 N–H and O–H groups in total. The largest absolute Gasteiger partial charge is 0.383 e. The van der Waals surface area contributed by atoms with Crippen molar-refractivity contribution in [1.29, 1.82) is 0 Å². The number of hydrogen-bond donors (Lipinski definition) is 1. The number of rotatable bonds is 9. The molecule has 0 saturated carbocycles. The summed E-state index contributed by atoms with van der Waals surface area (Å²) in [5, 5.41) is 4.28. The number of methoxy groups -OCH3 is 1. The van der Waals surface area contributed by atoms with Crippen LogP contribution in [0.3, 0.4) is 0 Å². The van der Waals surface area contributed by atoms with E-state index in [1.165, 1.54) is 36.0 Å². The Kier molecular flexibility index (Phi) is 8.11. The first-order valence-corrected chi connectivity index (χ1v) is 7.48. The molecule has 0 spiro atoms. The summed E-state index contributed by atoms with van der Waals surface area (Å²) in [4.78, 5) is 0. The number of hydrogen-bond acceptors (Lipinski definition) is 2. The third-order valence-electron chi connectivity index (χ3n) is 3.45. The molecule has 0 fully saturated rings. The molecule has 1 aromatic rings. The fourth-order valence-electron chi connectivity index (χ4n) is 2.07. The van der Waals surface area contributed by atoms with Crippen LogP contribution in [0.2, 0.25) is 5.02 Å². The van der Waals surface area contributed by atoms with Gasteiger partial charge in [0.25, 0.3) is 0 Å². The number of ether oxygens (including phenoxy) is 1. The summed E-state index contributed by atoms with van der Waals surface area (Å²) in [6.45, 7) is 7.06. The maximum Gasteiger partial charge on any atom is 0.0587 e. The van der Waals surface area contributed by atoms with Crippen LogP contribution in [-0.4, -0.2) is 26.8 Å². The molecule has 0 aromatic heterocycles. The molecule has 19 heavy (non-hydrogen) atoms. The highest BCUT2D eigenvalue weighted by molar-refractivity contribution is 6.31. The minimum atomic E-state index is 0.790. The van der Waals surface area contributed by atoms with E-state index in [2.05, 4.69) is 31.3 Å². The fourth-order valence-corrected chi connectivity index (χ4v) is 2.39. The molecule has 0 heterocycles. The van der Waals surface area contributed by atoms with Gasteiger partial charge in [-0.3, -0.25) is 0 Å². The molecule has 1 rings (SSSR count). The number of benzene rings is 1. The van der Waals surface area contributed by atoms with Crippen LogP contribution in [0.4, 0.5) is 0 Å². The zero-order valence-electron chi connectivity index (χ0n) is 12.4. The van der Waals surface area contributed by atoms with Crippen LogP contribution in [0.1, 0.15) is 36.0 Å². The van der Waals surface area contributed by atoms with Crippen molar-refractivity contribution in [2.45, 2.75) is 39.5 Å². The van der Waals surface area contributed by atoms with Crippen LogP contribution >= 0.6 is 11.6 Å². The predicted molar refractivity (Wildman–Crippen MR) is 83.2 cm³/mol. The van der Waals surface area contributed by atoms with Crippen molar-refractivity contribution in [3.8, 4) is 0 Å². The maximum atomic E-state index is 6.27. The smallest absolute Gasteiger partial charge is 0.0587 e. The van der Waals surface area contributed by atoms with Crippen molar-refractivity contribution in [2.75, 3.05) is 26.8 Å². The minimum Gasteiger partial charge on any atom is -0.383 e. The first-order valence-electron chi connectivity index (χ1n) is 7.10. The van der Waals surface area contributed by atoms with Gasteiger partial charge in [-0.05, 0) is 62.4 Å². The van der Waals surface area contributed by atoms with Gasteiger partial charge in [-0.2, -0.15) is 0 Å². The zero-order valence-corrected chi connectivity index (χ0v) is 13.1. The van der Waals surface area contributed by atoms with E-state index in [0.29, 0.717) is 0 Å². The second-order valence-corrected chi connectivity index (χ2v) is 5.49. The van der Waals surface area contributed by atoms with Crippen LogP contribution in [0.25, 0.3) is 0 Å². The SMILES string of the molecule is COCCNCCCCCc1cc(C)c(C)cc1Cl. The summed E-state index contributed by atoms with van der Waals surface area (Å²) in [6, 6.07) is 4.31. The van der Waals surface area contributed by atoms with E-state index in [-0.39, 0.29) is 0 Å². The van der Waals surface area contributed by atoms with Crippen LogP contribution < -0.4 is 5.32 Å². The lowest BCUT2D eigenvalue weighted by Gasteiger charge is -2.08. The Morgan fingerprint density at radius 2 is 1.79 bits per heavy atom. The number of aryl methyl sites for hydroxylation is 3. The van der Waals surface area contributed by atoms with E-state index in [4.69, 9.17) is 16.3 Å². The van der Waals surface area contributed by atoms with Crippen LogP contribution in [-0.2, 0) is 11.2 Å². The van der Waals surface area contributed by atoms with Crippen molar-refractivity contribution in [3.63, 3.8) is 0 Å². The summed E-state index contributed by atoms with van der Waals surface area (Å²) in [6.07, 6.45) is 4.74. The van der Waals surface area contributed by atoms with Crippen LogP contribution in [0, 0.1) is 13.8 Å². The van der Waals surface area contributed by atoms with E-state index >= 15 is 0 Å². The second kappa shape index (κ2) is 9.35. The highest BCUT2D eigenvalue weighted by Gasteiger charge is 2.03. The summed E-state index contributed by atoms with van der Waals surface area (Å²) < 4.78 is 4.98. The minimum absolute atomic E-state index is 0.790. The Labute approximate surface area is 122 Å². The van der Waals surface area contributed by atoms with Crippen molar-refractivity contribution >= 4 is 11.6 Å². The number of halogens is 1. The quantitative estimate of drug-likeness (QED) is 0.694. The Bertz CT molecular complexity index is 379. The molecule has 3 heteroatoms. The van der Waals surface area contributed by atoms with Crippen molar-refractivity contribution < 1.29 is 4.74 Å². The van der Waals surface area contributed by atoms with Gasteiger partial charge in [-0.15, -0.1) is 0 Å². The lowest BCUT2D eigenvalue weighted by Crippen LogP contribution is -2.20. The zero-order chi connectivity index (χ0) is 14.1. The molecule has 0 aliphatic heterocycles. The number of nitrogens with one attached hydrogen (secondary N) is 1. The van der Waals surface area contributed by atoms with Crippen molar-refractivity contribution in [1.82, 2.24) is 5.32 Å². The van der Waals surface area contributed by atoms with Crippen LogP contribution in [0.5, 0.6) is 0 Å². The van der Waals surface area contributed by atoms with Gasteiger partial charge < -0.3 is 10.1 Å². The molecule has 0 atom stereocenters. The van der Waals surface area contributed by atoms with Gasteiger partial charge in [0.05, 0.1) is 6.61 Å². The molecule has 0 saturated heterocycles. The Hall–Kier alpha value is -0.570. The normalized spacial score (nSPS) is 10.9. The summed E-state index contributed by atoms with van der Waals surface area (Å²) >= 11 is 6.27. The average Bonchev–Trinajstić information content (AvgIpc) is 2.38. The Morgan fingerprint density at radius 3 is 2.53 bits per heavy atom. The fraction of sp³-hybridized carbons (Fsp3) is 0.625. The predicted octanol–water partition coefficient (Wildman–Crippen LogP) is 3.91. The van der Waals surface area contributed by atoms with Gasteiger partial charge in [0.1, 0.15) is 0 Å². The van der Waals surface area contributed by atoms with Gasteiger partial charge >= 0.3 is 0 Å². The van der Waals surface area contributed by atoms with E-state index in [9.17, 15) is 0 Å². The molecule has 0 unspecified atom stereocenters. The highest BCUT2D eigenvalue weighted by Crippen LogP contribution is 2.22. The molecule has 0 radical (unpaired) electrons. The summed E-state index contributed by atoms with van der Waals surface area (Å²) in [5.41, 5.74) is 3.90. The third kappa shape index (κ3) is 6.42. The molecule has 0 bridgehead atoms. The Balaban J connectivity index is 2.17. The average molecular weight is 284 g/mol. The molecule has 2 nitrogen and oxygen atoms in total. The molecule has 0 aliphatic carbocycles. The van der Waals surface area contributed by atoms with Gasteiger partial charge in [-0.1, -0.05) is 24.1 Å². The van der Waals surface area contributed by atoms with E-state index in [1.54, 1.807) is 7.11 Å². The molecular formula is C16H26ClNO.